The van der Waals surface area contributed by atoms with Crippen LogP contribution in [0.3, 0.4) is 0 Å². The number of rotatable bonds is 4. The number of benzene rings is 1. The van der Waals surface area contributed by atoms with Crippen molar-refractivity contribution in [1.29, 1.82) is 0 Å². The number of amides is 1. The third-order valence-electron chi connectivity index (χ3n) is 3.36. The summed E-state index contributed by atoms with van der Waals surface area (Å²) in [5, 5.41) is 5.88. The van der Waals surface area contributed by atoms with Crippen molar-refractivity contribution in [2.45, 2.75) is 19.0 Å². The third kappa shape index (κ3) is 3.43. The Hall–Kier alpha value is -1.17. The molecule has 1 aliphatic heterocycles. The monoisotopic (exact) mass is 285 g/mol. The Morgan fingerprint density at radius 3 is 3.05 bits per heavy atom. The van der Waals surface area contributed by atoms with E-state index in [1.54, 1.807) is 12.1 Å². The first kappa shape index (κ1) is 14.2. The second-order valence-electron chi connectivity index (χ2n) is 4.73. The first-order valence-electron chi connectivity index (χ1n) is 6.26. The van der Waals surface area contributed by atoms with Crippen LogP contribution in [0.25, 0.3) is 0 Å². The molecule has 2 unspecified atom stereocenters. The van der Waals surface area contributed by atoms with E-state index in [9.17, 15) is 9.18 Å². The zero-order valence-electron chi connectivity index (χ0n) is 10.5. The van der Waals surface area contributed by atoms with E-state index in [2.05, 4.69) is 10.6 Å². The number of carbonyl (C=O) groups excluding carboxylic acids is 1. The maximum absolute atomic E-state index is 13.6. The minimum Gasteiger partial charge on any atom is -0.351 e. The van der Waals surface area contributed by atoms with Crippen molar-refractivity contribution in [2.75, 3.05) is 13.1 Å². The second kappa shape index (κ2) is 6.32. The van der Waals surface area contributed by atoms with Crippen LogP contribution in [0.5, 0.6) is 0 Å². The van der Waals surface area contributed by atoms with Gasteiger partial charge in [-0.25, -0.2) is 4.39 Å². The van der Waals surface area contributed by atoms with Gasteiger partial charge < -0.3 is 16.4 Å². The van der Waals surface area contributed by atoms with E-state index in [0.29, 0.717) is 18.0 Å². The maximum Gasteiger partial charge on any atom is 0.237 e. The third-order valence-corrected chi connectivity index (χ3v) is 3.65. The summed E-state index contributed by atoms with van der Waals surface area (Å²) in [6.07, 6.45) is 0.723. The summed E-state index contributed by atoms with van der Waals surface area (Å²) in [6.45, 7) is 1.45. The summed E-state index contributed by atoms with van der Waals surface area (Å²) in [6, 6.07) is 4.50. The minimum absolute atomic E-state index is 0.0638. The average molecular weight is 286 g/mol. The van der Waals surface area contributed by atoms with Crippen LogP contribution in [0.4, 0.5) is 4.39 Å². The molecule has 6 heteroatoms. The summed E-state index contributed by atoms with van der Waals surface area (Å²) in [5.74, 6) is -0.280. The van der Waals surface area contributed by atoms with Crippen LogP contribution >= 0.6 is 11.6 Å². The van der Waals surface area contributed by atoms with Gasteiger partial charge >= 0.3 is 0 Å². The smallest absolute Gasteiger partial charge is 0.237 e. The van der Waals surface area contributed by atoms with Gasteiger partial charge in [-0.1, -0.05) is 23.7 Å². The lowest BCUT2D eigenvalue weighted by molar-refractivity contribution is -0.123. The molecular weight excluding hydrogens is 269 g/mol. The summed E-state index contributed by atoms with van der Waals surface area (Å²) < 4.78 is 13.6. The summed E-state index contributed by atoms with van der Waals surface area (Å²) in [4.78, 5) is 11.9. The first-order valence-corrected chi connectivity index (χ1v) is 6.63. The Balaban J connectivity index is 1.89. The van der Waals surface area contributed by atoms with Gasteiger partial charge in [-0.3, -0.25) is 4.79 Å². The van der Waals surface area contributed by atoms with Gasteiger partial charge in [0.1, 0.15) is 5.82 Å². The fraction of sp³-hybridized carbons (Fsp3) is 0.462. The molecule has 4 N–H and O–H groups in total. The molecule has 2 atom stereocenters. The Kier molecular flexibility index (Phi) is 4.74. The minimum atomic E-state index is -0.483. The normalized spacial score (nSPS) is 22.5. The number of hydrogen-bond acceptors (Lipinski definition) is 3. The van der Waals surface area contributed by atoms with Crippen LogP contribution in [-0.2, 0) is 11.3 Å². The Bertz CT molecular complexity index is 469. The number of nitrogens with one attached hydrogen (secondary N) is 2. The number of hydrogen-bond donors (Lipinski definition) is 3. The van der Waals surface area contributed by atoms with Crippen LogP contribution in [0.15, 0.2) is 18.2 Å². The molecule has 0 saturated carbocycles. The summed E-state index contributed by atoms with van der Waals surface area (Å²) >= 11 is 5.68. The van der Waals surface area contributed by atoms with E-state index in [4.69, 9.17) is 17.3 Å². The largest absolute Gasteiger partial charge is 0.351 e. The lowest BCUT2D eigenvalue weighted by Gasteiger charge is -2.12. The molecule has 19 heavy (non-hydrogen) atoms. The van der Waals surface area contributed by atoms with Crippen molar-refractivity contribution < 1.29 is 9.18 Å². The van der Waals surface area contributed by atoms with Crippen molar-refractivity contribution in [3.8, 4) is 0 Å². The lowest BCUT2D eigenvalue weighted by Crippen LogP contribution is -2.40. The summed E-state index contributed by atoms with van der Waals surface area (Å²) in [5.41, 5.74) is 5.95. The van der Waals surface area contributed by atoms with E-state index < -0.39 is 5.82 Å². The zero-order chi connectivity index (χ0) is 13.8. The fourth-order valence-electron chi connectivity index (χ4n) is 2.18. The molecule has 1 aliphatic rings. The Morgan fingerprint density at radius 2 is 2.37 bits per heavy atom. The maximum atomic E-state index is 13.6. The summed E-state index contributed by atoms with van der Waals surface area (Å²) in [7, 11) is 0. The molecule has 104 valence electrons. The Morgan fingerprint density at radius 1 is 1.58 bits per heavy atom. The van der Waals surface area contributed by atoms with Gasteiger partial charge in [0, 0.05) is 12.1 Å². The van der Waals surface area contributed by atoms with Crippen LogP contribution in [0.1, 0.15) is 12.0 Å². The molecule has 1 fully saturated rings. The molecule has 0 bridgehead atoms. The molecule has 2 rings (SSSR count). The number of carbonyl (C=O) groups is 1. The predicted octanol–water partition coefficient (Wildman–Crippen LogP) is 1.03. The molecule has 4 nitrogen and oxygen atoms in total. The highest BCUT2D eigenvalue weighted by atomic mass is 35.5. The topological polar surface area (TPSA) is 67.1 Å². The molecule has 0 radical (unpaired) electrons. The SMILES string of the molecule is NCC1CNC(C(=O)NCc2cccc(Cl)c2F)C1. The quantitative estimate of drug-likeness (QED) is 0.774. The molecule has 1 aromatic carbocycles. The van der Waals surface area contributed by atoms with Crippen molar-refractivity contribution in [3.63, 3.8) is 0 Å². The van der Waals surface area contributed by atoms with E-state index in [1.165, 1.54) is 6.07 Å². The Labute approximate surface area is 116 Å². The van der Waals surface area contributed by atoms with Gasteiger partial charge in [0.2, 0.25) is 5.91 Å². The van der Waals surface area contributed by atoms with Gasteiger partial charge in [-0.05, 0) is 31.5 Å². The van der Waals surface area contributed by atoms with Crippen molar-refractivity contribution in [2.24, 2.45) is 11.7 Å². The number of nitrogens with two attached hydrogens (primary N) is 1. The average Bonchev–Trinajstić information content (AvgIpc) is 2.89. The van der Waals surface area contributed by atoms with Crippen LogP contribution in [0.2, 0.25) is 5.02 Å². The molecule has 1 heterocycles. The van der Waals surface area contributed by atoms with Crippen molar-refractivity contribution >= 4 is 17.5 Å². The predicted molar refractivity (Wildman–Crippen MR) is 72.2 cm³/mol. The molecule has 0 spiro atoms. The van der Waals surface area contributed by atoms with E-state index in [-0.39, 0.29) is 23.5 Å². The zero-order valence-corrected chi connectivity index (χ0v) is 11.2. The first-order chi connectivity index (χ1) is 9.11. The molecular formula is C13H17ClFN3O. The van der Waals surface area contributed by atoms with E-state index in [0.717, 1.165) is 13.0 Å². The van der Waals surface area contributed by atoms with E-state index in [1.807, 2.05) is 0 Å². The van der Waals surface area contributed by atoms with Gasteiger partial charge in [-0.15, -0.1) is 0 Å². The highest BCUT2D eigenvalue weighted by molar-refractivity contribution is 6.30. The van der Waals surface area contributed by atoms with Crippen LogP contribution in [-0.4, -0.2) is 25.0 Å². The van der Waals surface area contributed by atoms with Crippen LogP contribution in [0, 0.1) is 11.7 Å². The van der Waals surface area contributed by atoms with Gasteiger partial charge in [0.25, 0.3) is 0 Å². The van der Waals surface area contributed by atoms with Gasteiger partial charge in [-0.2, -0.15) is 0 Å². The van der Waals surface area contributed by atoms with Crippen molar-refractivity contribution in [1.82, 2.24) is 10.6 Å². The van der Waals surface area contributed by atoms with Crippen LogP contribution < -0.4 is 16.4 Å². The molecule has 0 aliphatic carbocycles. The van der Waals surface area contributed by atoms with E-state index >= 15 is 0 Å². The second-order valence-corrected chi connectivity index (χ2v) is 5.14. The molecule has 1 amide bonds. The van der Waals surface area contributed by atoms with Gasteiger partial charge in [0.15, 0.2) is 0 Å². The van der Waals surface area contributed by atoms with Gasteiger partial charge in [0.05, 0.1) is 11.1 Å². The standard InChI is InChI=1S/C13H17ClFN3O/c14-10-3-1-2-9(12(10)15)7-18-13(19)11-4-8(5-16)6-17-11/h1-3,8,11,17H,4-7,16H2,(H,18,19). The molecule has 1 aromatic rings. The highest BCUT2D eigenvalue weighted by Crippen LogP contribution is 2.18. The lowest BCUT2D eigenvalue weighted by atomic mass is 10.1. The molecule has 1 saturated heterocycles. The fourth-order valence-corrected chi connectivity index (χ4v) is 2.37. The van der Waals surface area contributed by atoms with Crippen molar-refractivity contribution in [3.05, 3.63) is 34.6 Å². The number of halogens is 2. The molecule has 0 aromatic heterocycles. The highest BCUT2D eigenvalue weighted by Gasteiger charge is 2.28.